The van der Waals surface area contributed by atoms with Crippen LogP contribution in [0.4, 0.5) is 4.39 Å². The third-order valence-electron chi connectivity index (χ3n) is 3.04. The standard InChI is InChI=1S/C12H14BrClFNO3S/c1-8-7-16(2-3-19-8)20(17,18)11-5-10(13)4-9(6-14)12(11)15/h4-5,8H,2-3,6-7H2,1H3. The van der Waals surface area contributed by atoms with Crippen molar-refractivity contribution >= 4 is 37.6 Å². The van der Waals surface area contributed by atoms with Gasteiger partial charge >= 0.3 is 0 Å². The van der Waals surface area contributed by atoms with E-state index in [0.717, 1.165) is 0 Å². The van der Waals surface area contributed by atoms with Crippen molar-refractivity contribution in [3.63, 3.8) is 0 Å². The molecule has 1 heterocycles. The summed E-state index contributed by atoms with van der Waals surface area (Å²) in [7, 11) is -3.89. The van der Waals surface area contributed by atoms with Crippen LogP contribution in [0.15, 0.2) is 21.5 Å². The highest BCUT2D eigenvalue weighted by atomic mass is 79.9. The summed E-state index contributed by atoms with van der Waals surface area (Å²) in [5.41, 5.74) is 0.154. The number of hydrogen-bond donors (Lipinski definition) is 0. The lowest BCUT2D eigenvalue weighted by Crippen LogP contribution is -2.44. The summed E-state index contributed by atoms with van der Waals surface area (Å²) >= 11 is 8.83. The molecule has 0 N–H and O–H groups in total. The van der Waals surface area contributed by atoms with E-state index < -0.39 is 15.8 Å². The van der Waals surface area contributed by atoms with E-state index >= 15 is 0 Å². The summed E-state index contributed by atoms with van der Waals surface area (Å²) < 4.78 is 46.4. The molecule has 1 fully saturated rings. The van der Waals surface area contributed by atoms with Crippen molar-refractivity contribution in [3.05, 3.63) is 28.0 Å². The van der Waals surface area contributed by atoms with E-state index in [4.69, 9.17) is 16.3 Å². The number of alkyl halides is 1. The quantitative estimate of drug-likeness (QED) is 0.751. The average molecular weight is 387 g/mol. The van der Waals surface area contributed by atoms with Gasteiger partial charge in [-0.05, 0) is 19.1 Å². The van der Waals surface area contributed by atoms with Gasteiger partial charge in [0.25, 0.3) is 0 Å². The third-order valence-corrected chi connectivity index (χ3v) is 5.66. The van der Waals surface area contributed by atoms with Gasteiger partial charge < -0.3 is 4.74 Å². The van der Waals surface area contributed by atoms with Gasteiger partial charge in [0.05, 0.1) is 18.6 Å². The normalized spacial score (nSPS) is 21.1. The maximum atomic E-state index is 14.3. The van der Waals surface area contributed by atoms with Crippen LogP contribution in [-0.2, 0) is 20.6 Å². The van der Waals surface area contributed by atoms with E-state index in [0.29, 0.717) is 11.1 Å². The maximum absolute atomic E-state index is 14.3. The predicted molar refractivity (Wildman–Crippen MR) is 77.8 cm³/mol. The Kier molecular flexibility index (Phi) is 5.07. The molecule has 1 saturated heterocycles. The summed E-state index contributed by atoms with van der Waals surface area (Å²) in [5, 5.41) is 0. The van der Waals surface area contributed by atoms with Gasteiger partial charge in [-0.1, -0.05) is 15.9 Å². The van der Waals surface area contributed by atoms with E-state index in [1.54, 1.807) is 6.92 Å². The molecule has 20 heavy (non-hydrogen) atoms. The average Bonchev–Trinajstić information content (AvgIpc) is 2.40. The fraction of sp³-hybridized carbons (Fsp3) is 0.500. The van der Waals surface area contributed by atoms with Crippen LogP contribution in [-0.4, -0.2) is 38.5 Å². The zero-order chi connectivity index (χ0) is 14.9. The van der Waals surface area contributed by atoms with Gasteiger partial charge in [-0.3, -0.25) is 0 Å². The molecule has 1 unspecified atom stereocenters. The summed E-state index contributed by atoms with van der Waals surface area (Å²) in [5.74, 6) is -0.879. The highest BCUT2D eigenvalue weighted by molar-refractivity contribution is 9.10. The van der Waals surface area contributed by atoms with Crippen LogP contribution in [0.1, 0.15) is 12.5 Å². The van der Waals surface area contributed by atoms with Gasteiger partial charge in [0, 0.05) is 23.1 Å². The van der Waals surface area contributed by atoms with Gasteiger partial charge in [0.15, 0.2) is 0 Å². The number of morpholine rings is 1. The van der Waals surface area contributed by atoms with Crippen LogP contribution < -0.4 is 0 Å². The zero-order valence-corrected chi connectivity index (χ0v) is 13.9. The molecule has 4 nitrogen and oxygen atoms in total. The second-order valence-corrected chi connectivity index (χ2v) is 7.64. The highest BCUT2D eigenvalue weighted by Gasteiger charge is 2.32. The molecule has 1 atom stereocenters. The fourth-order valence-electron chi connectivity index (χ4n) is 2.05. The van der Waals surface area contributed by atoms with Crippen LogP contribution in [0.25, 0.3) is 0 Å². The molecule has 0 radical (unpaired) electrons. The number of benzene rings is 1. The molecule has 0 saturated carbocycles. The Morgan fingerprint density at radius 2 is 2.25 bits per heavy atom. The van der Waals surface area contributed by atoms with E-state index in [9.17, 15) is 12.8 Å². The Hall–Kier alpha value is -0.210. The number of hydrogen-bond acceptors (Lipinski definition) is 3. The summed E-state index contributed by atoms with van der Waals surface area (Å²) in [6, 6.07) is 2.74. The Bertz CT molecular complexity index is 611. The third kappa shape index (κ3) is 3.17. The van der Waals surface area contributed by atoms with Crippen LogP contribution in [0.3, 0.4) is 0 Å². The summed E-state index contributed by atoms with van der Waals surface area (Å²) in [4.78, 5) is -0.350. The second-order valence-electron chi connectivity index (χ2n) is 4.56. The molecular weight excluding hydrogens is 373 g/mol. The Labute approximate surface area is 131 Å². The highest BCUT2D eigenvalue weighted by Crippen LogP contribution is 2.28. The molecule has 2 rings (SSSR count). The minimum Gasteiger partial charge on any atom is -0.376 e. The first kappa shape index (κ1) is 16.2. The zero-order valence-electron chi connectivity index (χ0n) is 10.8. The van der Waals surface area contributed by atoms with E-state index in [-0.39, 0.29) is 35.5 Å². The molecule has 0 aromatic heterocycles. The maximum Gasteiger partial charge on any atom is 0.246 e. The van der Waals surface area contributed by atoms with Crippen molar-refractivity contribution in [2.24, 2.45) is 0 Å². The van der Waals surface area contributed by atoms with Gasteiger partial charge in [-0.25, -0.2) is 12.8 Å². The fourth-order valence-corrected chi connectivity index (χ4v) is 4.53. The first-order valence-electron chi connectivity index (χ1n) is 6.02. The molecule has 1 aromatic carbocycles. The minimum absolute atomic E-state index is 0.0900. The van der Waals surface area contributed by atoms with Crippen LogP contribution in [0.2, 0.25) is 0 Å². The van der Waals surface area contributed by atoms with Crippen LogP contribution in [0, 0.1) is 5.82 Å². The first-order valence-corrected chi connectivity index (χ1v) is 8.78. The lowest BCUT2D eigenvalue weighted by molar-refractivity contribution is 0.0101. The largest absolute Gasteiger partial charge is 0.376 e. The molecule has 1 aliphatic rings. The monoisotopic (exact) mass is 385 g/mol. The lowest BCUT2D eigenvalue weighted by Gasteiger charge is -2.30. The molecular formula is C12H14BrClFNO3S. The van der Waals surface area contributed by atoms with Crippen LogP contribution in [0.5, 0.6) is 0 Å². The van der Waals surface area contributed by atoms with Crippen LogP contribution >= 0.6 is 27.5 Å². The van der Waals surface area contributed by atoms with Crippen molar-refractivity contribution in [1.29, 1.82) is 0 Å². The predicted octanol–water partition coefficient (Wildman–Crippen LogP) is 2.74. The summed E-state index contributed by atoms with van der Waals surface area (Å²) in [6.45, 7) is 2.51. The molecule has 8 heteroatoms. The number of halogens is 3. The van der Waals surface area contributed by atoms with E-state index in [1.165, 1.54) is 16.4 Å². The van der Waals surface area contributed by atoms with Gasteiger partial charge in [-0.15, -0.1) is 11.6 Å². The SMILES string of the molecule is CC1CN(S(=O)(=O)c2cc(Br)cc(CCl)c2F)CCO1. The second kappa shape index (κ2) is 6.27. The van der Waals surface area contributed by atoms with E-state index in [2.05, 4.69) is 15.9 Å². The Morgan fingerprint density at radius 3 is 2.85 bits per heavy atom. The van der Waals surface area contributed by atoms with Crippen molar-refractivity contribution in [1.82, 2.24) is 4.31 Å². The first-order chi connectivity index (χ1) is 9.36. The number of ether oxygens (including phenoxy) is 1. The topological polar surface area (TPSA) is 46.6 Å². The molecule has 0 spiro atoms. The van der Waals surface area contributed by atoms with Crippen molar-refractivity contribution < 1.29 is 17.5 Å². The van der Waals surface area contributed by atoms with Crippen molar-refractivity contribution in [2.75, 3.05) is 19.7 Å². The molecule has 0 aliphatic carbocycles. The molecule has 0 bridgehead atoms. The lowest BCUT2D eigenvalue weighted by atomic mass is 10.2. The molecule has 112 valence electrons. The van der Waals surface area contributed by atoms with Crippen molar-refractivity contribution in [3.8, 4) is 0 Å². The molecule has 1 aliphatic heterocycles. The number of sulfonamides is 1. The number of rotatable bonds is 3. The van der Waals surface area contributed by atoms with Gasteiger partial charge in [0.2, 0.25) is 10.0 Å². The Balaban J connectivity index is 2.46. The summed E-state index contributed by atoms with van der Waals surface area (Å²) in [6.07, 6.45) is -0.207. The van der Waals surface area contributed by atoms with Gasteiger partial charge in [-0.2, -0.15) is 4.31 Å². The molecule has 0 amide bonds. The Morgan fingerprint density at radius 1 is 1.55 bits per heavy atom. The van der Waals surface area contributed by atoms with E-state index in [1.807, 2.05) is 0 Å². The molecule has 1 aromatic rings. The van der Waals surface area contributed by atoms with Gasteiger partial charge in [0.1, 0.15) is 10.7 Å². The number of nitrogens with zero attached hydrogens (tertiary/aromatic N) is 1. The smallest absolute Gasteiger partial charge is 0.246 e. The van der Waals surface area contributed by atoms with Crippen molar-refractivity contribution in [2.45, 2.75) is 23.8 Å². The minimum atomic E-state index is -3.89.